The fourth-order valence-corrected chi connectivity index (χ4v) is 3.26. The second kappa shape index (κ2) is 9.90. The maximum Gasteiger partial charge on any atom is 0.416 e. The van der Waals surface area contributed by atoms with E-state index in [1.165, 1.54) is 32.4 Å². The quantitative estimate of drug-likeness (QED) is 0.530. The van der Waals surface area contributed by atoms with Crippen molar-refractivity contribution in [1.82, 2.24) is 14.9 Å². The van der Waals surface area contributed by atoms with Crippen LogP contribution in [-0.2, 0) is 17.5 Å². The summed E-state index contributed by atoms with van der Waals surface area (Å²) < 4.78 is 49.1. The lowest BCUT2D eigenvalue weighted by atomic mass is 10.2. The van der Waals surface area contributed by atoms with Crippen LogP contribution in [0.5, 0.6) is 11.5 Å². The Morgan fingerprint density at radius 2 is 1.85 bits per heavy atom. The van der Waals surface area contributed by atoms with Crippen molar-refractivity contribution in [2.45, 2.75) is 19.6 Å². The van der Waals surface area contributed by atoms with Crippen LogP contribution < -0.4 is 20.3 Å². The number of likely N-dealkylation sites (N-methyl/N-ethyl adjacent to an activating group) is 1. The molecule has 33 heavy (non-hydrogen) atoms. The number of hydrogen-bond donors (Lipinski definition) is 2. The molecule has 1 aromatic heterocycles. The Bertz CT molecular complexity index is 1210. The minimum atomic E-state index is -4.50. The molecular formula is C22H23F3N4O4. The van der Waals surface area contributed by atoms with Gasteiger partial charge in [-0.2, -0.15) is 13.2 Å². The molecule has 0 saturated heterocycles. The summed E-state index contributed by atoms with van der Waals surface area (Å²) in [6.07, 6.45) is -4.50. The van der Waals surface area contributed by atoms with Crippen LogP contribution in [-0.4, -0.2) is 48.1 Å². The number of benzene rings is 2. The fourth-order valence-electron chi connectivity index (χ4n) is 3.26. The molecule has 0 unspecified atom stereocenters. The molecule has 0 aliphatic rings. The van der Waals surface area contributed by atoms with E-state index in [4.69, 9.17) is 9.47 Å². The molecule has 2 N–H and O–H groups in total. The summed E-state index contributed by atoms with van der Waals surface area (Å²) in [6.45, 7) is 2.28. The van der Waals surface area contributed by atoms with Gasteiger partial charge in [0.2, 0.25) is 5.91 Å². The first kappa shape index (κ1) is 24.1. The summed E-state index contributed by atoms with van der Waals surface area (Å²) in [5.74, 6) is 0.646. The summed E-state index contributed by atoms with van der Waals surface area (Å²) in [5, 5.41) is 2.79. The SMILES string of the molecule is CCN(CC(=O)Nc1cccc(C(F)(F)F)c1)Cc1nc2cc(OC)c(OC)cc2c(=O)[nH]1. The van der Waals surface area contributed by atoms with Gasteiger partial charge in [0.25, 0.3) is 5.56 Å². The number of hydrogen-bond acceptors (Lipinski definition) is 6. The van der Waals surface area contributed by atoms with Crippen LogP contribution >= 0.6 is 0 Å². The monoisotopic (exact) mass is 464 g/mol. The molecule has 176 valence electrons. The van der Waals surface area contributed by atoms with Crippen LogP contribution in [0.2, 0.25) is 0 Å². The van der Waals surface area contributed by atoms with E-state index in [-0.39, 0.29) is 24.3 Å². The normalized spacial score (nSPS) is 11.6. The van der Waals surface area contributed by atoms with Gasteiger partial charge in [-0.25, -0.2) is 4.98 Å². The van der Waals surface area contributed by atoms with E-state index < -0.39 is 17.6 Å². The number of carbonyl (C=O) groups excluding carboxylic acids is 1. The Balaban J connectivity index is 1.75. The van der Waals surface area contributed by atoms with Crippen LogP contribution in [0.4, 0.5) is 18.9 Å². The highest BCUT2D eigenvalue weighted by Gasteiger charge is 2.30. The third kappa shape index (κ3) is 5.80. The van der Waals surface area contributed by atoms with Gasteiger partial charge in [-0.05, 0) is 30.8 Å². The van der Waals surface area contributed by atoms with Crippen molar-refractivity contribution in [2.24, 2.45) is 0 Å². The average molecular weight is 464 g/mol. The topological polar surface area (TPSA) is 96.6 Å². The maximum absolute atomic E-state index is 12.9. The number of H-pyrrole nitrogens is 1. The molecule has 0 atom stereocenters. The van der Waals surface area contributed by atoms with Gasteiger partial charge in [0.05, 0.1) is 43.8 Å². The summed E-state index contributed by atoms with van der Waals surface area (Å²) in [5.41, 5.74) is -0.780. The first-order valence-electron chi connectivity index (χ1n) is 9.99. The van der Waals surface area contributed by atoms with Crippen molar-refractivity contribution in [1.29, 1.82) is 0 Å². The second-order valence-electron chi connectivity index (χ2n) is 7.17. The molecule has 11 heteroatoms. The largest absolute Gasteiger partial charge is 0.493 e. The highest BCUT2D eigenvalue weighted by atomic mass is 19.4. The molecule has 0 radical (unpaired) electrons. The van der Waals surface area contributed by atoms with E-state index in [1.807, 2.05) is 6.92 Å². The van der Waals surface area contributed by atoms with Crippen LogP contribution in [0, 0.1) is 0 Å². The number of methoxy groups -OCH3 is 2. The number of halogens is 3. The molecular weight excluding hydrogens is 441 g/mol. The predicted molar refractivity (Wildman–Crippen MR) is 116 cm³/mol. The summed E-state index contributed by atoms with van der Waals surface area (Å²) in [6, 6.07) is 7.53. The van der Waals surface area contributed by atoms with Crippen LogP contribution in [0.25, 0.3) is 10.9 Å². The fraction of sp³-hybridized carbons (Fsp3) is 0.318. The zero-order chi connectivity index (χ0) is 24.2. The molecule has 0 spiro atoms. The third-order valence-corrected chi connectivity index (χ3v) is 4.92. The van der Waals surface area contributed by atoms with E-state index in [0.717, 1.165) is 12.1 Å². The number of aromatic amines is 1. The van der Waals surface area contributed by atoms with Crippen molar-refractivity contribution in [3.05, 3.63) is 58.1 Å². The van der Waals surface area contributed by atoms with E-state index >= 15 is 0 Å². The van der Waals surface area contributed by atoms with E-state index in [0.29, 0.717) is 34.8 Å². The number of alkyl halides is 3. The van der Waals surface area contributed by atoms with Crippen molar-refractivity contribution in [3.8, 4) is 11.5 Å². The average Bonchev–Trinajstić information content (AvgIpc) is 2.77. The number of aromatic nitrogens is 2. The first-order chi connectivity index (χ1) is 15.6. The molecule has 0 bridgehead atoms. The highest BCUT2D eigenvalue weighted by Crippen LogP contribution is 2.31. The van der Waals surface area contributed by atoms with E-state index in [1.54, 1.807) is 11.0 Å². The molecule has 0 aliphatic heterocycles. The van der Waals surface area contributed by atoms with Gasteiger partial charge >= 0.3 is 6.18 Å². The molecule has 2 aromatic carbocycles. The van der Waals surface area contributed by atoms with Gasteiger partial charge in [0, 0.05) is 11.8 Å². The molecule has 3 rings (SSSR count). The number of fused-ring (bicyclic) bond motifs is 1. The lowest BCUT2D eigenvalue weighted by Gasteiger charge is -2.19. The highest BCUT2D eigenvalue weighted by molar-refractivity contribution is 5.92. The van der Waals surface area contributed by atoms with E-state index in [2.05, 4.69) is 15.3 Å². The Labute approximate surface area is 187 Å². The number of nitrogens with zero attached hydrogens (tertiary/aromatic N) is 2. The van der Waals surface area contributed by atoms with Gasteiger partial charge in [0.1, 0.15) is 5.82 Å². The Hall–Kier alpha value is -3.60. The summed E-state index contributed by atoms with van der Waals surface area (Å²) in [4.78, 5) is 33.8. The zero-order valence-electron chi connectivity index (χ0n) is 18.2. The number of ether oxygens (including phenoxy) is 2. The molecule has 1 heterocycles. The maximum atomic E-state index is 12.9. The van der Waals surface area contributed by atoms with Crippen molar-refractivity contribution in [3.63, 3.8) is 0 Å². The minimum Gasteiger partial charge on any atom is -0.493 e. The van der Waals surface area contributed by atoms with Gasteiger partial charge in [0.15, 0.2) is 11.5 Å². The van der Waals surface area contributed by atoms with Crippen LogP contribution in [0.15, 0.2) is 41.2 Å². The van der Waals surface area contributed by atoms with Crippen LogP contribution in [0.3, 0.4) is 0 Å². The third-order valence-electron chi connectivity index (χ3n) is 4.92. The smallest absolute Gasteiger partial charge is 0.416 e. The Morgan fingerprint density at radius 3 is 2.48 bits per heavy atom. The number of amides is 1. The van der Waals surface area contributed by atoms with Gasteiger partial charge < -0.3 is 19.8 Å². The lowest BCUT2D eigenvalue weighted by molar-refractivity contribution is -0.137. The Morgan fingerprint density at radius 1 is 1.15 bits per heavy atom. The number of nitrogens with one attached hydrogen (secondary N) is 2. The number of carbonyl (C=O) groups is 1. The molecule has 0 aliphatic carbocycles. The minimum absolute atomic E-state index is 0.0455. The number of rotatable bonds is 8. The number of anilines is 1. The lowest BCUT2D eigenvalue weighted by Crippen LogP contribution is -2.34. The van der Waals surface area contributed by atoms with Crippen molar-refractivity contribution in [2.75, 3.05) is 32.6 Å². The van der Waals surface area contributed by atoms with Crippen molar-refractivity contribution < 1.29 is 27.4 Å². The summed E-state index contributed by atoms with van der Waals surface area (Å²) in [7, 11) is 2.93. The standard InChI is InChI=1S/C22H23F3N4O4/c1-4-29(12-20(30)26-14-7-5-6-13(8-14)22(23,24)25)11-19-27-16-10-18(33-3)17(32-2)9-15(16)21(31)28-19/h5-10H,4,11-12H2,1-3H3,(H,26,30)(H,27,28,31). The molecule has 1 amide bonds. The molecule has 8 nitrogen and oxygen atoms in total. The van der Waals surface area contributed by atoms with Crippen molar-refractivity contribution >= 4 is 22.5 Å². The van der Waals surface area contributed by atoms with E-state index in [9.17, 15) is 22.8 Å². The van der Waals surface area contributed by atoms with Gasteiger partial charge in [-0.1, -0.05) is 13.0 Å². The predicted octanol–water partition coefficient (Wildman–Crippen LogP) is 3.42. The molecule has 0 saturated carbocycles. The molecule has 3 aromatic rings. The second-order valence-corrected chi connectivity index (χ2v) is 7.17. The Kier molecular flexibility index (Phi) is 7.22. The molecule has 0 fully saturated rings. The van der Waals surface area contributed by atoms with Gasteiger partial charge in [-0.3, -0.25) is 14.5 Å². The van der Waals surface area contributed by atoms with Gasteiger partial charge in [-0.15, -0.1) is 0 Å². The summed E-state index contributed by atoms with van der Waals surface area (Å²) >= 11 is 0. The van der Waals surface area contributed by atoms with Crippen LogP contribution in [0.1, 0.15) is 18.3 Å². The first-order valence-corrected chi connectivity index (χ1v) is 9.99. The zero-order valence-corrected chi connectivity index (χ0v) is 18.2.